The molecule has 0 aliphatic carbocycles. The molecule has 24 heavy (non-hydrogen) atoms. The van der Waals surface area contributed by atoms with E-state index in [4.69, 9.17) is 4.42 Å². The van der Waals surface area contributed by atoms with Crippen LogP contribution in [0, 0.1) is 5.92 Å². The zero-order valence-corrected chi connectivity index (χ0v) is 14.1. The van der Waals surface area contributed by atoms with Crippen LogP contribution >= 0.6 is 11.3 Å². The molecule has 4 rings (SSSR count). The van der Waals surface area contributed by atoms with E-state index in [1.807, 2.05) is 35.8 Å². The fourth-order valence-electron chi connectivity index (χ4n) is 3.20. The van der Waals surface area contributed by atoms with Crippen molar-refractivity contribution in [3.05, 3.63) is 47.7 Å². The molecule has 1 aliphatic rings. The average molecular weight is 341 g/mol. The quantitative estimate of drug-likeness (QED) is 0.788. The van der Waals surface area contributed by atoms with Gasteiger partial charge in [0.25, 0.3) is 5.91 Å². The molecule has 3 heterocycles. The molecule has 6 heteroatoms. The number of hydrogen-bond donors (Lipinski definition) is 1. The van der Waals surface area contributed by atoms with E-state index in [-0.39, 0.29) is 5.91 Å². The Morgan fingerprint density at radius 2 is 2.33 bits per heavy atom. The summed E-state index contributed by atoms with van der Waals surface area (Å²) in [6.45, 7) is 2.65. The van der Waals surface area contributed by atoms with Crippen LogP contribution in [0.2, 0.25) is 0 Å². The molecule has 3 aromatic rings. The number of fused-ring (bicyclic) bond motifs is 1. The fraction of sp³-hybridized carbons (Fsp3) is 0.333. The number of thiazole rings is 1. The molecule has 1 atom stereocenters. The van der Waals surface area contributed by atoms with Gasteiger partial charge in [-0.1, -0.05) is 18.2 Å². The first-order chi connectivity index (χ1) is 11.8. The van der Waals surface area contributed by atoms with Gasteiger partial charge in [-0.3, -0.25) is 4.79 Å². The highest BCUT2D eigenvalue weighted by atomic mass is 32.1. The Morgan fingerprint density at radius 1 is 1.42 bits per heavy atom. The number of rotatable bonds is 4. The molecule has 1 aromatic carbocycles. The molecule has 2 aromatic heterocycles. The number of nitrogens with one attached hydrogen (secondary N) is 1. The molecule has 0 spiro atoms. The number of nitrogens with zero attached hydrogens (tertiary/aromatic N) is 2. The van der Waals surface area contributed by atoms with E-state index in [2.05, 4.69) is 15.2 Å². The van der Waals surface area contributed by atoms with E-state index >= 15 is 0 Å². The molecule has 1 aliphatic heterocycles. The standard InChI is InChI=1S/C18H19N3O2S/c22-17(16-10-14-5-1-2-6-15(14)23-16)20-11-13-4-3-8-21(12-13)18-19-7-9-24-18/h1-2,5-7,9-10,13H,3-4,8,11-12H2,(H,20,22)/t13-/m0/s1. The van der Waals surface area contributed by atoms with Crippen LogP contribution in [0.15, 0.2) is 46.3 Å². The molecule has 0 unspecified atom stereocenters. The van der Waals surface area contributed by atoms with Crippen molar-refractivity contribution < 1.29 is 9.21 Å². The number of anilines is 1. The van der Waals surface area contributed by atoms with E-state index in [9.17, 15) is 4.79 Å². The van der Waals surface area contributed by atoms with E-state index in [1.165, 1.54) is 0 Å². The molecule has 1 N–H and O–H groups in total. The van der Waals surface area contributed by atoms with E-state index in [0.29, 0.717) is 18.2 Å². The lowest BCUT2D eigenvalue weighted by Gasteiger charge is -2.32. The highest BCUT2D eigenvalue weighted by Gasteiger charge is 2.22. The van der Waals surface area contributed by atoms with Gasteiger partial charge in [0.05, 0.1) is 0 Å². The normalized spacial score (nSPS) is 18.0. The molecule has 1 fully saturated rings. The molecule has 0 saturated carbocycles. The van der Waals surface area contributed by atoms with Gasteiger partial charge in [0, 0.05) is 36.6 Å². The van der Waals surface area contributed by atoms with Gasteiger partial charge in [0.2, 0.25) is 0 Å². The number of benzene rings is 1. The maximum absolute atomic E-state index is 12.3. The van der Waals surface area contributed by atoms with Gasteiger partial charge < -0.3 is 14.6 Å². The smallest absolute Gasteiger partial charge is 0.287 e. The van der Waals surface area contributed by atoms with Gasteiger partial charge in [-0.25, -0.2) is 4.98 Å². The summed E-state index contributed by atoms with van der Waals surface area (Å²) in [5, 5.41) is 7.05. The Kier molecular flexibility index (Phi) is 4.21. The predicted octanol–water partition coefficient (Wildman–Crippen LogP) is 3.54. The van der Waals surface area contributed by atoms with Gasteiger partial charge in [0.15, 0.2) is 10.9 Å². The summed E-state index contributed by atoms with van der Waals surface area (Å²) < 4.78 is 5.62. The van der Waals surface area contributed by atoms with Gasteiger partial charge in [0.1, 0.15) is 5.58 Å². The first-order valence-electron chi connectivity index (χ1n) is 8.21. The van der Waals surface area contributed by atoms with Crippen molar-refractivity contribution in [1.29, 1.82) is 0 Å². The third kappa shape index (κ3) is 3.14. The zero-order chi connectivity index (χ0) is 16.4. The first-order valence-corrected chi connectivity index (χ1v) is 9.09. The number of amides is 1. The van der Waals surface area contributed by atoms with Crippen molar-refractivity contribution >= 4 is 33.3 Å². The van der Waals surface area contributed by atoms with Crippen LogP contribution in [0.25, 0.3) is 11.0 Å². The topological polar surface area (TPSA) is 58.4 Å². The minimum absolute atomic E-state index is 0.141. The Hall–Kier alpha value is -2.34. The highest BCUT2D eigenvalue weighted by molar-refractivity contribution is 7.13. The third-order valence-electron chi connectivity index (χ3n) is 4.41. The Morgan fingerprint density at radius 3 is 3.17 bits per heavy atom. The number of carbonyl (C=O) groups is 1. The summed E-state index contributed by atoms with van der Waals surface area (Å²) in [5.74, 6) is 0.678. The molecule has 124 valence electrons. The summed E-state index contributed by atoms with van der Waals surface area (Å²) in [5.41, 5.74) is 0.746. The van der Waals surface area contributed by atoms with Crippen LogP contribution in [0.5, 0.6) is 0 Å². The summed E-state index contributed by atoms with van der Waals surface area (Å²) in [7, 11) is 0. The number of furan rings is 1. The Labute approximate surface area is 144 Å². The number of hydrogen-bond acceptors (Lipinski definition) is 5. The maximum Gasteiger partial charge on any atom is 0.287 e. The van der Waals surface area contributed by atoms with Gasteiger partial charge in [-0.2, -0.15) is 0 Å². The summed E-state index contributed by atoms with van der Waals surface area (Å²) in [6, 6.07) is 9.47. The number of carbonyl (C=O) groups excluding carboxylic acids is 1. The molecule has 5 nitrogen and oxygen atoms in total. The Balaban J connectivity index is 1.36. The maximum atomic E-state index is 12.3. The fourth-order valence-corrected chi connectivity index (χ4v) is 3.88. The molecular weight excluding hydrogens is 322 g/mol. The average Bonchev–Trinajstić information content (AvgIpc) is 3.29. The van der Waals surface area contributed by atoms with Crippen LogP contribution < -0.4 is 10.2 Å². The molecule has 1 amide bonds. The van der Waals surface area contributed by atoms with Crippen molar-refractivity contribution in [2.24, 2.45) is 5.92 Å². The van der Waals surface area contributed by atoms with Crippen molar-refractivity contribution in [2.45, 2.75) is 12.8 Å². The number of piperidine rings is 1. The van der Waals surface area contributed by atoms with Gasteiger partial charge in [-0.05, 0) is 30.9 Å². The minimum Gasteiger partial charge on any atom is -0.451 e. The van der Waals surface area contributed by atoms with Crippen molar-refractivity contribution in [2.75, 3.05) is 24.5 Å². The lowest BCUT2D eigenvalue weighted by Crippen LogP contribution is -2.40. The zero-order valence-electron chi connectivity index (χ0n) is 13.3. The third-order valence-corrected chi connectivity index (χ3v) is 5.24. The van der Waals surface area contributed by atoms with Crippen LogP contribution in [-0.4, -0.2) is 30.5 Å². The summed E-state index contributed by atoms with van der Waals surface area (Å²) >= 11 is 1.67. The van der Waals surface area contributed by atoms with Crippen LogP contribution in [0.4, 0.5) is 5.13 Å². The lowest BCUT2D eigenvalue weighted by molar-refractivity contribution is 0.0920. The second-order valence-corrected chi connectivity index (χ2v) is 7.00. The molecular formula is C18H19N3O2S. The number of para-hydroxylation sites is 1. The minimum atomic E-state index is -0.141. The largest absolute Gasteiger partial charge is 0.451 e. The van der Waals surface area contributed by atoms with Crippen molar-refractivity contribution in [3.8, 4) is 0 Å². The van der Waals surface area contributed by atoms with Crippen LogP contribution in [0.3, 0.4) is 0 Å². The highest BCUT2D eigenvalue weighted by Crippen LogP contribution is 2.24. The van der Waals surface area contributed by atoms with E-state index in [0.717, 1.165) is 42.0 Å². The van der Waals surface area contributed by atoms with Crippen LogP contribution in [0.1, 0.15) is 23.4 Å². The molecule has 0 radical (unpaired) electrons. The second-order valence-electron chi connectivity index (χ2n) is 6.13. The van der Waals surface area contributed by atoms with Gasteiger partial charge in [-0.15, -0.1) is 11.3 Å². The van der Waals surface area contributed by atoms with Crippen molar-refractivity contribution in [1.82, 2.24) is 10.3 Å². The lowest BCUT2D eigenvalue weighted by atomic mass is 9.98. The Bertz CT molecular complexity index is 795. The first kappa shape index (κ1) is 15.2. The summed E-state index contributed by atoms with van der Waals surface area (Å²) in [4.78, 5) is 19.0. The van der Waals surface area contributed by atoms with Crippen LogP contribution in [-0.2, 0) is 0 Å². The molecule has 0 bridgehead atoms. The van der Waals surface area contributed by atoms with E-state index in [1.54, 1.807) is 17.4 Å². The van der Waals surface area contributed by atoms with E-state index < -0.39 is 0 Å². The monoisotopic (exact) mass is 341 g/mol. The molecule has 1 saturated heterocycles. The summed E-state index contributed by atoms with van der Waals surface area (Å²) in [6.07, 6.45) is 4.10. The predicted molar refractivity (Wildman–Crippen MR) is 95.6 cm³/mol. The second kappa shape index (κ2) is 6.65. The SMILES string of the molecule is O=C(NC[C@@H]1CCCN(c2nccs2)C1)c1cc2ccccc2o1. The van der Waals surface area contributed by atoms with Crippen molar-refractivity contribution in [3.63, 3.8) is 0 Å². The van der Waals surface area contributed by atoms with Gasteiger partial charge >= 0.3 is 0 Å². The number of aromatic nitrogens is 1.